The Morgan fingerprint density at radius 1 is 1.02 bits per heavy atom. The summed E-state index contributed by atoms with van der Waals surface area (Å²) in [5.41, 5.74) is 4.09. The molecule has 2 aromatic heterocycles. The molecular formula is C44H48F2N10O4S. The van der Waals surface area contributed by atoms with Gasteiger partial charge in [-0.1, -0.05) is 6.92 Å². The normalized spacial score (nSPS) is 21.4. The van der Waals surface area contributed by atoms with Crippen LogP contribution in [0.15, 0.2) is 48.7 Å². The van der Waals surface area contributed by atoms with E-state index in [1.807, 2.05) is 25.3 Å². The number of rotatable bonds is 10. The second-order valence-electron chi connectivity index (χ2n) is 17.0. The Bertz CT molecular complexity index is 2610. The van der Waals surface area contributed by atoms with Crippen molar-refractivity contribution in [3.05, 3.63) is 77.1 Å². The van der Waals surface area contributed by atoms with Crippen LogP contribution in [-0.4, -0.2) is 84.4 Å². The first kappa shape index (κ1) is 40.8. The molecule has 2 aliphatic carbocycles. The van der Waals surface area contributed by atoms with Gasteiger partial charge in [-0.05, 0) is 118 Å². The van der Waals surface area contributed by atoms with Crippen LogP contribution in [0, 0.1) is 28.4 Å². The summed E-state index contributed by atoms with van der Waals surface area (Å²) in [6, 6.07) is 13.0. The lowest BCUT2D eigenvalue weighted by molar-refractivity contribution is -0.120. The summed E-state index contributed by atoms with van der Waals surface area (Å²) >= 11 is -1.62. The number of urea groups is 1. The molecule has 14 nitrogen and oxygen atoms in total. The Balaban J connectivity index is 0.800. The van der Waals surface area contributed by atoms with Crippen molar-refractivity contribution in [2.75, 3.05) is 42.8 Å². The fraction of sp³-hybridized carbons (Fsp3) is 0.455. The maximum Gasteiger partial charge on any atom is 0.329 e. The van der Waals surface area contributed by atoms with Crippen LogP contribution in [0.5, 0.6) is 11.5 Å². The van der Waals surface area contributed by atoms with Gasteiger partial charge in [0.15, 0.2) is 28.6 Å². The third kappa shape index (κ3) is 7.81. The van der Waals surface area contributed by atoms with E-state index in [-0.39, 0.29) is 53.0 Å². The lowest BCUT2D eigenvalue weighted by atomic mass is 9.56. The molecule has 1 spiro atoms. The van der Waals surface area contributed by atoms with Crippen molar-refractivity contribution in [1.82, 2.24) is 34.3 Å². The molecule has 4 fully saturated rings. The first-order valence-corrected chi connectivity index (χ1v) is 22.1. The second-order valence-corrected chi connectivity index (χ2v) is 18.3. The second kappa shape index (κ2) is 16.4. The van der Waals surface area contributed by atoms with Crippen molar-refractivity contribution in [3.8, 4) is 17.6 Å². The molecule has 3 aromatic carbocycles. The molecule has 4 heterocycles. The standard InChI is InChI=1S/C44H48F2N10O4S/c1-4-53(2)61(59)52-35-12-10-33(45)41(32(35)24-47)60-29-9-11-36-37(19-29)49-38(25-48-36)27-22-44(23-27)14-17-55(18-15-44)28-7-5-26(6-8-28)30-21-39-31(20-34(30)46)42(51-54(39)3)56-16-13-40(57)50-43(56)58/h9-12,19-21,25-28,52H,4-8,13-18,22-23H2,1-3H3,(H,50,57,58). The predicted octanol–water partition coefficient (Wildman–Crippen LogP) is 7.53. The van der Waals surface area contributed by atoms with E-state index in [1.165, 1.54) is 23.1 Å². The number of halogens is 2. The summed E-state index contributed by atoms with van der Waals surface area (Å²) in [7, 11) is 3.47. The number of nitrogens with one attached hydrogen (secondary N) is 2. The van der Waals surface area contributed by atoms with Crippen molar-refractivity contribution >= 4 is 56.6 Å². The number of carbonyl (C=O) groups is 2. The van der Waals surface area contributed by atoms with Crippen molar-refractivity contribution < 1.29 is 27.3 Å². The average Bonchev–Trinajstić information content (AvgIpc) is 3.56. The number of benzene rings is 3. The summed E-state index contributed by atoms with van der Waals surface area (Å²) < 4.78 is 55.4. The van der Waals surface area contributed by atoms with E-state index >= 15 is 8.78 Å². The molecular weight excluding hydrogens is 803 g/mol. The number of ether oxygens (including phenoxy) is 1. The SMILES string of the molecule is CCN(C)S(=O)Nc1ccc(F)c(Oc2ccc3ncc(C4CC5(CCN(C6CCC(c7cc8c(cc7F)c(N7CCC(=O)NC7=O)nn8C)CC6)CC5)C4)nc3c2)c1C#N. The first-order valence-electron chi connectivity index (χ1n) is 21.0. The average molecular weight is 851 g/mol. The molecule has 4 aliphatic rings. The highest BCUT2D eigenvalue weighted by atomic mass is 32.2. The van der Waals surface area contributed by atoms with Crippen LogP contribution in [0.4, 0.5) is 25.1 Å². The first-order chi connectivity index (χ1) is 29.4. The maximum atomic E-state index is 15.8. The number of piperidine rings is 1. The van der Waals surface area contributed by atoms with E-state index in [4.69, 9.17) is 9.72 Å². The highest BCUT2D eigenvalue weighted by Crippen LogP contribution is 2.57. The summed E-state index contributed by atoms with van der Waals surface area (Å²) in [5, 5.41) is 17.4. The van der Waals surface area contributed by atoms with Gasteiger partial charge in [-0.3, -0.25) is 29.4 Å². The molecule has 318 valence electrons. The van der Waals surface area contributed by atoms with E-state index in [1.54, 1.807) is 41.3 Å². The summed E-state index contributed by atoms with van der Waals surface area (Å²) in [5.74, 6) is -0.505. The largest absolute Gasteiger partial charge is 0.453 e. The van der Waals surface area contributed by atoms with Gasteiger partial charge in [0.25, 0.3) is 0 Å². The van der Waals surface area contributed by atoms with Crippen molar-refractivity contribution in [3.63, 3.8) is 0 Å². The van der Waals surface area contributed by atoms with Gasteiger partial charge in [0, 0.05) is 63.2 Å². The number of hydrogen-bond donors (Lipinski definition) is 2. The van der Waals surface area contributed by atoms with Crippen LogP contribution in [-0.2, 0) is 23.0 Å². The molecule has 2 saturated carbocycles. The minimum Gasteiger partial charge on any atom is -0.453 e. The lowest BCUT2D eigenvalue weighted by Gasteiger charge is -2.53. The van der Waals surface area contributed by atoms with Crippen LogP contribution in [0.2, 0.25) is 0 Å². The summed E-state index contributed by atoms with van der Waals surface area (Å²) in [6.45, 7) is 4.65. The van der Waals surface area contributed by atoms with Crippen molar-refractivity contribution in [2.24, 2.45) is 12.5 Å². The smallest absolute Gasteiger partial charge is 0.329 e. The molecule has 61 heavy (non-hydrogen) atoms. The Morgan fingerprint density at radius 3 is 2.51 bits per heavy atom. The van der Waals surface area contributed by atoms with Crippen LogP contribution in [0.3, 0.4) is 0 Å². The van der Waals surface area contributed by atoms with Gasteiger partial charge in [-0.2, -0.15) is 10.4 Å². The fourth-order valence-electron chi connectivity index (χ4n) is 9.80. The summed E-state index contributed by atoms with van der Waals surface area (Å²) in [6.07, 6.45) is 10.2. The number of fused-ring (bicyclic) bond motifs is 2. The molecule has 17 heteroatoms. The number of aryl methyl sites for hydroxylation is 1. The molecule has 5 aromatic rings. The number of aromatic nitrogens is 4. The Kier molecular flexibility index (Phi) is 11.0. The molecule has 3 amide bonds. The number of carbonyl (C=O) groups excluding carboxylic acids is 2. The van der Waals surface area contributed by atoms with Crippen molar-refractivity contribution in [1.29, 1.82) is 5.26 Å². The van der Waals surface area contributed by atoms with Gasteiger partial charge < -0.3 is 9.64 Å². The zero-order valence-corrected chi connectivity index (χ0v) is 35.2. The van der Waals surface area contributed by atoms with E-state index in [9.17, 15) is 19.1 Å². The maximum absolute atomic E-state index is 15.8. The molecule has 9 rings (SSSR count). The third-order valence-corrected chi connectivity index (χ3v) is 14.7. The molecule has 1 atom stereocenters. The van der Waals surface area contributed by atoms with E-state index in [0.29, 0.717) is 52.1 Å². The highest BCUT2D eigenvalue weighted by Gasteiger charge is 2.47. The monoisotopic (exact) mass is 850 g/mol. The lowest BCUT2D eigenvalue weighted by Crippen LogP contribution is -2.50. The molecule has 1 unspecified atom stereocenters. The number of hydrogen-bond acceptors (Lipinski definition) is 9. The number of imide groups is 1. The number of nitrogens with zero attached hydrogens (tertiary/aromatic N) is 8. The number of nitriles is 1. The molecule has 0 bridgehead atoms. The van der Waals surface area contributed by atoms with E-state index in [0.717, 1.165) is 75.7 Å². The molecule has 2 aliphatic heterocycles. The van der Waals surface area contributed by atoms with Crippen LogP contribution < -0.4 is 19.7 Å². The van der Waals surface area contributed by atoms with E-state index < -0.39 is 23.0 Å². The third-order valence-electron chi connectivity index (χ3n) is 13.4. The predicted molar refractivity (Wildman–Crippen MR) is 227 cm³/mol. The van der Waals surface area contributed by atoms with Gasteiger partial charge in [0.1, 0.15) is 23.2 Å². The zero-order valence-electron chi connectivity index (χ0n) is 34.4. The van der Waals surface area contributed by atoms with Crippen LogP contribution in [0.1, 0.15) is 93.4 Å². The summed E-state index contributed by atoms with van der Waals surface area (Å²) in [4.78, 5) is 37.9. The Hall–Kier alpha value is -5.57. The van der Waals surface area contributed by atoms with Gasteiger partial charge >= 0.3 is 6.03 Å². The quantitative estimate of drug-likeness (QED) is 0.145. The molecule has 2 N–H and O–H groups in total. The molecule has 0 radical (unpaired) electrons. The van der Waals surface area contributed by atoms with E-state index in [2.05, 4.69) is 25.0 Å². The Morgan fingerprint density at radius 2 is 1.79 bits per heavy atom. The van der Waals surface area contributed by atoms with Gasteiger partial charge in [0.2, 0.25) is 5.91 Å². The number of likely N-dealkylation sites (tertiary alicyclic amines) is 1. The van der Waals surface area contributed by atoms with Gasteiger partial charge in [0.05, 0.1) is 27.9 Å². The highest BCUT2D eigenvalue weighted by molar-refractivity contribution is 7.84. The minimum absolute atomic E-state index is 0.0889. The Labute approximate surface area is 355 Å². The number of anilines is 2. The molecule has 2 saturated heterocycles. The van der Waals surface area contributed by atoms with Crippen LogP contribution >= 0.6 is 0 Å². The zero-order chi connectivity index (χ0) is 42.6. The van der Waals surface area contributed by atoms with Gasteiger partial charge in [-0.25, -0.2) is 27.1 Å². The fourth-order valence-corrected chi connectivity index (χ4v) is 10.5. The minimum atomic E-state index is -1.62. The van der Waals surface area contributed by atoms with Crippen molar-refractivity contribution in [2.45, 2.75) is 82.6 Å². The number of amides is 3. The van der Waals surface area contributed by atoms with Crippen LogP contribution in [0.25, 0.3) is 21.9 Å². The topological polar surface area (TPSA) is 162 Å². The van der Waals surface area contributed by atoms with Gasteiger partial charge in [-0.15, -0.1) is 0 Å².